The van der Waals surface area contributed by atoms with Crippen molar-refractivity contribution in [1.82, 2.24) is 14.1 Å². The molecule has 2 aliphatic heterocycles. The van der Waals surface area contributed by atoms with Crippen molar-refractivity contribution in [3.8, 4) is 0 Å². The van der Waals surface area contributed by atoms with E-state index in [-0.39, 0.29) is 16.8 Å². The number of hydrogen-bond acceptors (Lipinski definition) is 4. The van der Waals surface area contributed by atoms with Gasteiger partial charge in [-0.05, 0) is 36.1 Å². The number of rotatable bonds is 6. The van der Waals surface area contributed by atoms with Gasteiger partial charge in [0.2, 0.25) is 15.9 Å². The molecule has 0 aliphatic carbocycles. The van der Waals surface area contributed by atoms with Crippen LogP contribution in [0.1, 0.15) is 36.4 Å². The van der Waals surface area contributed by atoms with Crippen LogP contribution >= 0.6 is 0 Å². The molecule has 7 heteroatoms. The van der Waals surface area contributed by atoms with Crippen molar-refractivity contribution in [2.24, 2.45) is 0 Å². The van der Waals surface area contributed by atoms with Gasteiger partial charge in [-0.15, -0.1) is 0 Å². The second kappa shape index (κ2) is 10.9. The summed E-state index contributed by atoms with van der Waals surface area (Å²) in [6, 6.07) is 28.9. The second-order valence-corrected chi connectivity index (χ2v) is 11.4. The summed E-state index contributed by atoms with van der Waals surface area (Å²) in [5.41, 5.74) is 2.46. The zero-order valence-electron chi connectivity index (χ0n) is 20.4. The van der Waals surface area contributed by atoms with Crippen LogP contribution in [0.2, 0.25) is 0 Å². The van der Waals surface area contributed by atoms with Crippen LogP contribution in [-0.4, -0.2) is 67.2 Å². The largest absolute Gasteiger partial charge is 0.339 e. The number of hydrogen-bond donors (Lipinski definition) is 0. The molecule has 2 heterocycles. The number of amides is 1. The highest BCUT2D eigenvalue weighted by atomic mass is 32.2. The summed E-state index contributed by atoms with van der Waals surface area (Å²) in [7, 11) is -3.72. The van der Waals surface area contributed by atoms with Crippen LogP contribution < -0.4 is 0 Å². The first kappa shape index (κ1) is 24.7. The molecule has 0 radical (unpaired) electrons. The summed E-state index contributed by atoms with van der Waals surface area (Å²) in [4.78, 5) is 18.2. The number of nitrogens with zero attached hydrogens (tertiary/aromatic N) is 3. The Bertz CT molecular complexity index is 1210. The fourth-order valence-corrected chi connectivity index (χ4v) is 7.14. The Kier molecular flexibility index (Phi) is 7.51. The van der Waals surface area contributed by atoms with Crippen LogP contribution in [0.25, 0.3) is 0 Å². The molecule has 3 aromatic carbocycles. The molecule has 2 fully saturated rings. The molecular weight excluding hydrogens is 470 g/mol. The molecule has 5 rings (SSSR count). The molecule has 0 aromatic heterocycles. The number of piperidine rings is 1. The summed E-state index contributed by atoms with van der Waals surface area (Å²) < 4.78 is 28.2. The summed E-state index contributed by atoms with van der Waals surface area (Å²) >= 11 is 0. The highest BCUT2D eigenvalue weighted by molar-refractivity contribution is 7.89. The Labute approximate surface area is 214 Å². The maximum Gasteiger partial charge on any atom is 0.243 e. The summed E-state index contributed by atoms with van der Waals surface area (Å²) in [6.07, 6.45) is 2.21. The molecule has 36 heavy (non-hydrogen) atoms. The van der Waals surface area contributed by atoms with E-state index < -0.39 is 16.1 Å². The average Bonchev–Trinajstić information content (AvgIpc) is 2.95. The van der Waals surface area contributed by atoms with Crippen LogP contribution in [0.4, 0.5) is 0 Å². The van der Waals surface area contributed by atoms with Gasteiger partial charge in [-0.2, -0.15) is 4.31 Å². The van der Waals surface area contributed by atoms with Crippen molar-refractivity contribution in [2.45, 2.75) is 36.2 Å². The van der Waals surface area contributed by atoms with Crippen molar-refractivity contribution in [1.29, 1.82) is 0 Å². The second-order valence-electron chi connectivity index (χ2n) is 9.53. The maximum absolute atomic E-state index is 13.7. The molecule has 1 amide bonds. The SMILES string of the molecule is O=C([C@H]1CCCCN1S(=O)(=O)c1ccccc1)N1CCN(C(c2ccccc2)c2ccccc2)CC1. The van der Waals surface area contributed by atoms with Crippen LogP contribution in [0.5, 0.6) is 0 Å². The smallest absolute Gasteiger partial charge is 0.243 e. The maximum atomic E-state index is 13.7. The van der Waals surface area contributed by atoms with Crippen LogP contribution in [0.3, 0.4) is 0 Å². The predicted molar refractivity (Wildman–Crippen MR) is 141 cm³/mol. The van der Waals surface area contributed by atoms with E-state index in [1.54, 1.807) is 30.3 Å². The molecule has 2 saturated heterocycles. The van der Waals surface area contributed by atoms with Gasteiger partial charge < -0.3 is 4.90 Å². The quantitative estimate of drug-likeness (QED) is 0.507. The standard InChI is InChI=1S/C29H33N3O3S/c33-29(27-18-10-11-19-32(27)36(34,35)26-16-8-3-9-17-26)31-22-20-30(21-23-31)28(24-12-4-1-5-13-24)25-14-6-2-7-15-25/h1-9,12-17,27-28H,10-11,18-23H2/t27-/m1/s1. The lowest BCUT2D eigenvalue weighted by Gasteiger charge is -2.42. The van der Waals surface area contributed by atoms with Gasteiger partial charge in [0.1, 0.15) is 6.04 Å². The fraction of sp³-hybridized carbons (Fsp3) is 0.345. The highest BCUT2D eigenvalue weighted by Crippen LogP contribution is 2.31. The zero-order valence-corrected chi connectivity index (χ0v) is 21.3. The first-order chi connectivity index (χ1) is 17.6. The zero-order chi connectivity index (χ0) is 25.0. The van der Waals surface area contributed by atoms with E-state index in [9.17, 15) is 13.2 Å². The van der Waals surface area contributed by atoms with E-state index in [2.05, 4.69) is 53.4 Å². The van der Waals surface area contributed by atoms with Crippen LogP contribution in [0.15, 0.2) is 95.9 Å². The van der Waals surface area contributed by atoms with Gasteiger partial charge in [0.15, 0.2) is 0 Å². The van der Waals surface area contributed by atoms with Crippen molar-refractivity contribution in [2.75, 3.05) is 32.7 Å². The third kappa shape index (κ3) is 5.09. The molecule has 0 spiro atoms. The van der Waals surface area contributed by atoms with Gasteiger partial charge in [0.25, 0.3) is 0 Å². The molecule has 3 aromatic rings. The third-order valence-corrected chi connectivity index (χ3v) is 9.23. The van der Waals surface area contributed by atoms with Gasteiger partial charge in [-0.3, -0.25) is 9.69 Å². The van der Waals surface area contributed by atoms with Gasteiger partial charge in [-0.1, -0.05) is 85.3 Å². The van der Waals surface area contributed by atoms with Gasteiger partial charge in [-0.25, -0.2) is 8.42 Å². The molecule has 1 atom stereocenters. The topological polar surface area (TPSA) is 60.9 Å². The normalized spacial score (nSPS) is 19.9. The van der Waals surface area contributed by atoms with Crippen molar-refractivity contribution in [3.05, 3.63) is 102 Å². The third-order valence-electron chi connectivity index (χ3n) is 7.31. The van der Waals surface area contributed by atoms with Gasteiger partial charge in [0, 0.05) is 32.7 Å². The first-order valence-electron chi connectivity index (χ1n) is 12.8. The number of piperazine rings is 1. The Morgan fingerprint density at radius 3 is 1.78 bits per heavy atom. The number of benzene rings is 3. The predicted octanol–water partition coefficient (Wildman–Crippen LogP) is 4.16. The molecular formula is C29H33N3O3S. The molecule has 0 unspecified atom stereocenters. The van der Waals surface area contributed by atoms with E-state index in [0.29, 0.717) is 26.1 Å². The molecule has 6 nitrogen and oxygen atoms in total. The molecule has 0 N–H and O–H groups in total. The van der Waals surface area contributed by atoms with Gasteiger partial charge >= 0.3 is 0 Å². The van der Waals surface area contributed by atoms with Crippen molar-refractivity contribution in [3.63, 3.8) is 0 Å². The van der Waals surface area contributed by atoms with E-state index in [4.69, 9.17) is 0 Å². The van der Waals surface area contributed by atoms with Gasteiger partial charge in [0.05, 0.1) is 10.9 Å². The Hall–Kier alpha value is -3.00. The van der Waals surface area contributed by atoms with E-state index in [0.717, 1.165) is 25.9 Å². The van der Waals surface area contributed by atoms with E-state index in [1.165, 1.54) is 15.4 Å². The highest BCUT2D eigenvalue weighted by Gasteiger charge is 2.40. The lowest BCUT2D eigenvalue weighted by Crippen LogP contribution is -2.57. The summed E-state index contributed by atoms with van der Waals surface area (Å²) in [6.45, 7) is 3.03. The number of sulfonamides is 1. The van der Waals surface area contributed by atoms with Crippen LogP contribution in [0, 0.1) is 0 Å². The minimum Gasteiger partial charge on any atom is -0.339 e. The fourth-order valence-electron chi connectivity index (χ4n) is 5.46. The molecule has 2 aliphatic rings. The minimum absolute atomic E-state index is 0.0650. The first-order valence-corrected chi connectivity index (χ1v) is 14.2. The monoisotopic (exact) mass is 503 g/mol. The number of carbonyl (C=O) groups excluding carboxylic acids is 1. The molecule has 188 valence electrons. The van der Waals surface area contributed by atoms with E-state index in [1.807, 2.05) is 17.0 Å². The number of carbonyl (C=O) groups is 1. The van der Waals surface area contributed by atoms with E-state index >= 15 is 0 Å². The molecule has 0 bridgehead atoms. The Morgan fingerprint density at radius 1 is 0.694 bits per heavy atom. The lowest BCUT2D eigenvalue weighted by molar-refractivity contribution is -0.138. The lowest BCUT2D eigenvalue weighted by atomic mass is 9.96. The average molecular weight is 504 g/mol. The van der Waals surface area contributed by atoms with Crippen molar-refractivity contribution >= 4 is 15.9 Å². The van der Waals surface area contributed by atoms with Crippen LogP contribution in [-0.2, 0) is 14.8 Å². The summed E-state index contributed by atoms with van der Waals surface area (Å²) in [5.74, 6) is -0.0650. The summed E-state index contributed by atoms with van der Waals surface area (Å²) in [5, 5.41) is 0. The minimum atomic E-state index is -3.72. The van der Waals surface area contributed by atoms with Crippen molar-refractivity contribution < 1.29 is 13.2 Å². The molecule has 0 saturated carbocycles. The Balaban J connectivity index is 1.32. The Morgan fingerprint density at radius 2 is 1.22 bits per heavy atom.